The van der Waals surface area contributed by atoms with Crippen molar-refractivity contribution in [3.8, 4) is 0 Å². The fourth-order valence-electron chi connectivity index (χ4n) is 5.57. The van der Waals surface area contributed by atoms with Crippen LogP contribution in [-0.4, -0.2) is 41.9 Å². The fourth-order valence-corrected chi connectivity index (χ4v) is 5.57. The van der Waals surface area contributed by atoms with Gasteiger partial charge in [-0.25, -0.2) is 8.78 Å². The van der Waals surface area contributed by atoms with Gasteiger partial charge in [0, 0.05) is 13.1 Å². The number of likely N-dealkylation sites (tertiary alicyclic amines) is 1. The first kappa shape index (κ1) is 22.7. The zero-order chi connectivity index (χ0) is 23.7. The molecule has 1 fully saturated rings. The Bertz CT molecular complexity index is 1110. The normalized spacial score (nSPS) is 18.7. The maximum absolute atomic E-state index is 14.5. The van der Waals surface area contributed by atoms with Crippen molar-refractivity contribution in [2.75, 3.05) is 26.2 Å². The van der Waals surface area contributed by atoms with Crippen molar-refractivity contribution < 1.29 is 13.6 Å². The summed E-state index contributed by atoms with van der Waals surface area (Å²) < 4.78 is 27.6. The highest BCUT2D eigenvalue weighted by Crippen LogP contribution is 2.39. The number of amides is 1. The van der Waals surface area contributed by atoms with Gasteiger partial charge in [0.1, 0.15) is 11.6 Å². The molecule has 1 saturated heterocycles. The van der Waals surface area contributed by atoms with Gasteiger partial charge in [0.15, 0.2) is 0 Å². The molecule has 1 unspecified atom stereocenters. The lowest BCUT2D eigenvalue weighted by Crippen LogP contribution is -2.52. The van der Waals surface area contributed by atoms with Gasteiger partial charge in [-0.2, -0.15) is 0 Å². The SMILES string of the molecule is CC(C(=O)N1CCc2ccccc2C1CN1CCCC1)(c1ccc(F)cc1)c1ccc(F)cc1. The maximum atomic E-state index is 14.5. The molecular formula is C29H30F2N2O. The molecule has 34 heavy (non-hydrogen) atoms. The van der Waals surface area contributed by atoms with E-state index in [0.717, 1.165) is 26.1 Å². The Labute approximate surface area is 200 Å². The van der Waals surface area contributed by atoms with Gasteiger partial charge in [-0.3, -0.25) is 4.79 Å². The molecule has 5 rings (SSSR count). The first-order chi connectivity index (χ1) is 16.5. The van der Waals surface area contributed by atoms with Gasteiger partial charge in [0.25, 0.3) is 0 Å². The van der Waals surface area contributed by atoms with E-state index < -0.39 is 5.41 Å². The number of benzene rings is 3. The lowest BCUT2D eigenvalue weighted by Gasteiger charge is -2.44. The summed E-state index contributed by atoms with van der Waals surface area (Å²) in [7, 11) is 0. The second-order valence-corrected chi connectivity index (χ2v) is 9.61. The minimum Gasteiger partial charge on any atom is -0.333 e. The fraction of sp³-hybridized carbons (Fsp3) is 0.345. The van der Waals surface area contributed by atoms with E-state index in [1.165, 1.54) is 48.2 Å². The molecule has 1 amide bonds. The molecule has 0 N–H and O–H groups in total. The van der Waals surface area contributed by atoms with Crippen LogP contribution in [0.3, 0.4) is 0 Å². The molecule has 1 atom stereocenters. The Morgan fingerprint density at radius 2 is 1.41 bits per heavy atom. The lowest BCUT2D eigenvalue weighted by molar-refractivity contribution is -0.138. The smallest absolute Gasteiger partial charge is 0.237 e. The zero-order valence-electron chi connectivity index (χ0n) is 19.5. The van der Waals surface area contributed by atoms with Crippen molar-refractivity contribution in [1.82, 2.24) is 9.80 Å². The van der Waals surface area contributed by atoms with Crippen molar-refractivity contribution >= 4 is 5.91 Å². The summed E-state index contributed by atoms with van der Waals surface area (Å²) in [6, 6.07) is 20.6. The van der Waals surface area contributed by atoms with Crippen molar-refractivity contribution in [2.45, 2.75) is 37.6 Å². The molecule has 3 aromatic rings. The molecule has 2 aliphatic rings. The van der Waals surface area contributed by atoms with Crippen LogP contribution in [0, 0.1) is 11.6 Å². The number of hydrogen-bond acceptors (Lipinski definition) is 2. The van der Waals surface area contributed by atoms with Crippen LogP contribution in [0.5, 0.6) is 0 Å². The number of carbonyl (C=O) groups excluding carboxylic acids is 1. The van der Waals surface area contributed by atoms with Crippen LogP contribution in [0.1, 0.15) is 48.1 Å². The highest BCUT2D eigenvalue weighted by Gasteiger charge is 2.44. The summed E-state index contributed by atoms with van der Waals surface area (Å²) in [5, 5.41) is 0. The second kappa shape index (κ2) is 9.30. The van der Waals surface area contributed by atoms with Crippen LogP contribution in [0.15, 0.2) is 72.8 Å². The van der Waals surface area contributed by atoms with E-state index in [1.807, 2.05) is 17.9 Å². The maximum Gasteiger partial charge on any atom is 0.237 e. The highest BCUT2D eigenvalue weighted by atomic mass is 19.1. The van der Waals surface area contributed by atoms with Gasteiger partial charge in [0.05, 0.1) is 11.5 Å². The van der Waals surface area contributed by atoms with E-state index in [2.05, 4.69) is 23.1 Å². The Balaban J connectivity index is 1.59. The first-order valence-electron chi connectivity index (χ1n) is 12.1. The van der Waals surface area contributed by atoms with Crippen LogP contribution in [0.25, 0.3) is 0 Å². The van der Waals surface area contributed by atoms with Crippen LogP contribution in [-0.2, 0) is 16.6 Å². The summed E-state index contributed by atoms with van der Waals surface area (Å²) in [4.78, 5) is 19.0. The average Bonchev–Trinajstić information content (AvgIpc) is 3.37. The summed E-state index contributed by atoms with van der Waals surface area (Å²) in [5.41, 5.74) is 2.82. The van der Waals surface area contributed by atoms with E-state index in [1.54, 1.807) is 24.3 Å². The third-order valence-corrected chi connectivity index (χ3v) is 7.57. The molecule has 176 valence electrons. The number of halogens is 2. The molecule has 0 aromatic heterocycles. The van der Waals surface area contributed by atoms with Crippen LogP contribution >= 0.6 is 0 Å². The Hall–Kier alpha value is -3.05. The standard InChI is InChI=1S/C29H30F2N2O/c1-29(22-8-12-24(30)13-9-22,23-10-14-25(31)15-11-23)28(34)33-19-16-21-6-2-3-7-26(21)27(33)20-32-17-4-5-18-32/h2-3,6-15,27H,4-5,16-20H2,1H3. The molecule has 5 heteroatoms. The number of fused-ring (bicyclic) bond motifs is 1. The van der Waals surface area contributed by atoms with Gasteiger partial charge >= 0.3 is 0 Å². The van der Waals surface area contributed by atoms with E-state index in [9.17, 15) is 13.6 Å². The molecule has 2 aliphatic heterocycles. The minimum absolute atomic E-state index is 0.0376. The first-order valence-corrected chi connectivity index (χ1v) is 12.1. The van der Waals surface area contributed by atoms with E-state index in [-0.39, 0.29) is 23.6 Å². The average molecular weight is 461 g/mol. The van der Waals surface area contributed by atoms with Crippen LogP contribution in [0.2, 0.25) is 0 Å². The third-order valence-electron chi connectivity index (χ3n) is 7.57. The Kier molecular flexibility index (Phi) is 6.22. The quantitative estimate of drug-likeness (QED) is 0.503. The molecule has 0 saturated carbocycles. The summed E-state index contributed by atoms with van der Waals surface area (Å²) in [6.45, 7) is 5.39. The zero-order valence-corrected chi connectivity index (χ0v) is 19.5. The topological polar surface area (TPSA) is 23.6 Å². The van der Waals surface area contributed by atoms with Gasteiger partial charge in [-0.1, -0.05) is 48.5 Å². The van der Waals surface area contributed by atoms with Crippen LogP contribution in [0.4, 0.5) is 8.78 Å². The number of carbonyl (C=O) groups is 1. The molecule has 0 bridgehead atoms. The van der Waals surface area contributed by atoms with E-state index >= 15 is 0 Å². The van der Waals surface area contributed by atoms with Gasteiger partial charge in [0.2, 0.25) is 5.91 Å². The predicted octanol–water partition coefficient (Wildman–Crippen LogP) is 5.49. The minimum atomic E-state index is -1.07. The molecule has 3 nitrogen and oxygen atoms in total. The van der Waals surface area contributed by atoms with Crippen molar-refractivity contribution in [3.05, 3.63) is 107 Å². The largest absolute Gasteiger partial charge is 0.333 e. The predicted molar refractivity (Wildman–Crippen MR) is 130 cm³/mol. The van der Waals surface area contributed by atoms with Gasteiger partial charge in [-0.05, 0) is 85.8 Å². The molecule has 2 heterocycles. The lowest BCUT2D eigenvalue weighted by atomic mass is 9.74. The molecule has 0 radical (unpaired) electrons. The van der Waals surface area contributed by atoms with E-state index in [0.29, 0.717) is 17.7 Å². The number of rotatable bonds is 5. The van der Waals surface area contributed by atoms with Crippen molar-refractivity contribution in [3.63, 3.8) is 0 Å². The third kappa shape index (κ3) is 4.14. The summed E-state index contributed by atoms with van der Waals surface area (Å²) in [6.07, 6.45) is 3.16. The molecule has 0 aliphatic carbocycles. The summed E-state index contributed by atoms with van der Waals surface area (Å²) in [5.74, 6) is -0.739. The van der Waals surface area contributed by atoms with Crippen molar-refractivity contribution in [1.29, 1.82) is 0 Å². The van der Waals surface area contributed by atoms with E-state index in [4.69, 9.17) is 0 Å². The monoisotopic (exact) mass is 460 g/mol. The Morgan fingerprint density at radius 3 is 2.00 bits per heavy atom. The number of nitrogens with zero attached hydrogens (tertiary/aromatic N) is 2. The van der Waals surface area contributed by atoms with Gasteiger partial charge < -0.3 is 9.80 Å². The van der Waals surface area contributed by atoms with Gasteiger partial charge in [-0.15, -0.1) is 0 Å². The Morgan fingerprint density at radius 1 is 0.853 bits per heavy atom. The highest BCUT2D eigenvalue weighted by molar-refractivity contribution is 5.92. The number of hydrogen-bond donors (Lipinski definition) is 0. The molecule has 3 aromatic carbocycles. The summed E-state index contributed by atoms with van der Waals surface area (Å²) >= 11 is 0. The molecule has 0 spiro atoms. The van der Waals surface area contributed by atoms with Crippen molar-refractivity contribution in [2.24, 2.45) is 0 Å². The molecular weight excluding hydrogens is 430 g/mol. The van der Waals surface area contributed by atoms with Crippen LogP contribution < -0.4 is 0 Å². The second-order valence-electron chi connectivity index (χ2n) is 9.61.